The van der Waals surface area contributed by atoms with E-state index in [-0.39, 0.29) is 11.5 Å². The maximum absolute atomic E-state index is 5.96. The van der Waals surface area contributed by atoms with Crippen LogP contribution in [0.15, 0.2) is 0 Å². The summed E-state index contributed by atoms with van der Waals surface area (Å²) in [5.41, 5.74) is 0. The molecule has 1 aliphatic heterocycles. The Hall–Kier alpha value is -0.680. The zero-order valence-corrected chi connectivity index (χ0v) is 9.52. The first-order chi connectivity index (χ1) is 7.27. The predicted molar refractivity (Wildman–Crippen MR) is 55.7 cm³/mol. The molecule has 2 unspecified atom stereocenters. The van der Waals surface area contributed by atoms with Gasteiger partial charge in [-0.15, -0.1) is 16.7 Å². The molecule has 0 bridgehead atoms. The highest BCUT2D eigenvalue weighted by molar-refractivity contribution is 6.20. The van der Waals surface area contributed by atoms with Crippen LogP contribution in [0.4, 0.5) is 0 Å². The van der Waals surface area contributed by atoms with Crippen molar-refractivity contribution in [3.8, 4) is 0 Å². The van der Waals surface area contributed by atoms with Crippen molar-refractivity contribution in [2.75, 3.05) is 6.61 Å². The first-order valence-corrected chi connectivity index (χ1v) is 5.72. The summed E-state index contributed by atoms with van der Waals surface area (Å²) >= 11 is 5.96. The van der Waals surface area contributed by atoms with Gasteiger partial charge in [-0.2, -0.15) is 0 Å². The van der Waals surface area contributed by atoms with Gasteiger partial charge in [-0.25, -0.2) is 4.68 Å². The number of hydrogen-bond donors (Lipinski definition) is 0. The van der Waals surface area contributed by atoms with E-state index < -0.39 is 0 Å². The maximum Gasteiger partial charge on any atom is 0.168 e. The lowest BCUT2D eigenvalue weighted by atomic mass is 10.1. The molecule has 1 aromatic heterocycles. The van der Waals surface area contributed by atoms with Crippen LogP contribution in [0.25, 0.3) is 0 Å². The molecule has 1 aliphatic rings. The molecular weight excluding hydrogens is 216 g/mol. The zero-order chi connectivity index (χ0) is 10.7. The Labute approximate surface area is 93.7 Å². The number of tetrazole rings is 1. The molecule has 1 aromatic rings. The minimum absolute atomic E-state index is 0.163. The van der Waals surface area contributed by atoms with E-state index >= 15 is 0 Å². The van der Waals surface area contributed by atoms with Crippen molar-refractivity contribution in [2.24, 2.45) is 0 Å². The number of hydrogen-bond acceptors (Lipinski definition) is 4. The minimum Gasteiger partial charge on any atom is -0.376 e. The topological polar surface area (TPSA) is 52.8 Å². The van der Waals surface area contributed by atoms with Crippen LogP contribution < -0.4 is 0 Å². The number of rotatable bonds is 3. The van der Waals surface area contributed by atoms with Gasteiger partial charge in [-0.3, -0.25) is 0 Å². The Kier molecular flexibility index (Phi) is 3.53. The third kappa shape index (κ3) is 2.66. The summed E-state index contributed by atoms with van der Waals surface area (Å²) in [5.74, 6) is 0.714. The lowest BCUT2D eigenvalue weighted by molar-refractivity contribution is 0.00318. The van der Waals surface area contributed by atoms with E-state index in [9.17, 15) is 0 Å². The summed E-state index contributed by atoms with van der Waals surface area (Å²) in [4.78, 5) is 0. The van der Waals surface area contributed by atoms with Crippen LogP contribution in [0.2, 0.25) is 0 Å². The van der Waals surface area contributed by atoms with Crippen molar-refractivity contribution in [2.45, 2.75) is 44.2 Å². The molecule has 0 spiro atoms. The van der Waals surface area contributed by atoms with Gasteiger partial charge in [0.05, 0.1) is 18.0 Å². The highest BCUT2D eigenvalue weighted by Gasteiger charge is 2.18. The quantitative estimate of drug-likeness (QED) is 0.740. The van der Waals surface area contributed by atoms with E-state index in [1.807, 2.05) is 6.92 Å². The molecule has 0 saturated carbocycles. The number of alkyl halides is 1. The summed E-state index contributed by atoms with van der Waals surface area (Å²) in [6.07, 6.45) is 3.69. The van der Waals surface area contributed by atoms with Gasteiger partial charge in [-0.05, 0) is 36.6 Å². The average Bonchev–Trinajstić information content (AvgIpc) is 2.67. The Morgan fingerprint density at radius 3 is 3.13 bits per heavy atom. The molecule has 1 fully saturated rings. The molecule has 2 heterocycles. The van der Waals surface area contributed by atoms with Crippen LogP contribution >= 0.6 is 11.6 Å². The molecule has 2 atom stereocenters. The van der Waals surface area contributed by atoms with E-state index in [0.29, 0.717) is 12.4 Å². The summed E-state index contributed by atoms with van der Waals surface area (Å²) in [5, 5.41) is 11.3. The van der Waals surface area contributed by atoms with Gasteiger partial charge in [0.2, 0.25) is 0 Å². The molecule has 0 amide bonds. The molecule has 84 valence electrons. The van der Waals surface area contributed by atoms with Crippen LogP contribution in [-0.4, -0.2) is 32.9 Å². The Bertz CT molecular complexity index is 309. The van der Waals surface area contributed by atoms with Crippen LogP contribution in [0.5, 0.6) is 0 Å². The van der Waals surface area contributed by atoms with Gasteiger partial charge in [0.25, 0.3) is 0 Å². The second kappa shape index (κ2) is 4.90. The van der Waals surface area contributed by atoms with Crippen molar-refractivity contribution in [3.63, 3.8) is 0 Å². The zero-order valence-electron chi connectivity index (χ0n) is 8.77. The predicted octanol–water partition coefficient (Wildman–Crippen LogP) is 1.54. The average molecular weight is 231 g/mol. The van der Waals surface area contributed by atoms with Crippen LogP contribution in [0, 0.1) is 0 Å². The summed E-state index contributed by atoms with van der Waals surface area (Å²) in [7, 11) is 0. The minimum atomic E-state index is -0.163. The van der Waals surface area contributed by atoms with E-state index in [0.717, 1.165) is 19.4 Å². The molecule has 5 nitrogen and oxygen atoms in total. The van der Waals surface area contributed by atoms with Gasteiger partial charge in [-0.1, -0.05) is 0 Å². The van der Waals surface area contributed by atoms with Crippen LogP contribution in [0.3, 0.4) is 0 Å². The molecule has 0 aromatic carbocycles. The first-order valence-electron chi connectivity index (χ1n) is 5.29. The van der Waals surface area contributed by atoms with E-state index in [2.05, 4.69) is 15.5 Å². The molecule has 0 radical (unpaired) electrons. The monoisotopic (exact) mass is 230 g/mol. The third-order valence-corrected chi connectivity index (χ3v) is 2.76. The van der Waals surface area contributed by atoms with Crippen molar-refractivity contribution >= 4 is 11.6 Å². The largest absolute Gasteiger partial charge is 0.376 e. The van der Waals surface area contributed by atoms with Crippen molar-refractivity contribution in [1.82, 2.24) is 20.2 Å². The first kappa shape index (κ1) is 10.8. The molecular formula is C9H15ClN4O. The highest BCUT2D eigenvalue weighted by Crippen LogP contribution is 2.18. The van der Waals surface area contributed by atoms with Gasteiger partial charge < -0.3 is 4.74 Å². The third-order valence-electron chi connectivity index (χ3n) is 2.57. The standard InChI is InChI=1S/C9H15ClN4O/c1-7(10)9-11-12-13-14(9)6-8-4-2-3-5-15-8/h7-8H,2-6H2,1H3. The number of aromatic nitrogens is 4. The molecule has 0 aliphatic carbocycles. The SMILES string of the molecule is CC(Cl)c1nnnn1CC1CCCCO1. The van der Waals surface area contributed by atoms with Gasteiger partial charge >= 0.3 is 0 Å². The highest BCUT2D eigenvalue weighted by atomic mass is 35.5. The number of halogens is 1. The van der Waals surface area contributed by atoms with Gasteiger partial charge in [0, 0.05) is 6.61 Å². The van der Waals surface area contributed by atoms with Crippen molar-refractivity contribution < 1.29 is 4.74 Å². The summed E-state index contributed by atoms with van der Waals surface area (Å²) in [6.45, 7) is 3.42. The summed E-state index contributed by atoms with van der Waals surface area (Å²) in [6, 6.07) is 0. The second-order valence-electron chi connectivity index (χ2n) is 3.82. The lowest BCUT2D eigenvalue weighted by Gasteiger charge is -2.22. The normalized spacial score (nSPS) is 24.0. The fraction of sp³-hybridized carbons (Fsp3) is 0.889. The fourth-order valence-electron chi connectivity index (χ4n) is 1.77. The molecule has 1 saturated heterocycles. The van der Waals surface area contributed by atoms with Crippen LogP contribution in [0.1, 0.15) is 37.4 Å². The Morgan fingerprint density at radius 1 is 1.60 bits per heavy atom. The second-order valence-corrected chi connectivity index (χ2v) is 4.48. The number of nitrogens with zero attached hydrogens (tertiary/aromatic N) is 4. The molecule has 6 heteroatoms. The summed E-state index contributed by atoms with van der Waals surface area (Å²) < 4.78 is 7.37. The molecule has 0 N–H and O–H groups in total. The van der Waals surface area contributed by atoms with Crippen molar-refractivity contribution in [1.29, 1.82) is 0 Å². The maximum atomic E-state index is 5.96. The Balaban J connectivity index is 1.99. The lowest BCUT2D eigenvalue weighted by Crippen LogP contribution is -2.26. The number of ether oxygens (including phenoxy) is 1. The fourth-order valence-corrected chi connectivity index (χ4v) is 1.93. The molecule has 2 rings (SSSR count). The van der Waals surface area contributed by atoms with E-state index in [4.69, 9.17) is 16.3 Å². The van der Waals surface area contributed by atoms with E-state index in [1.165, 1.54) is 6.42 Å². The van der Waals surface area contributed by atoms with Gasteiger partial charge in [0.15, 0.2) is 5.82 Å². The van der Waals surface area contributed by atoms with Gasteiger partial charge in [0.1, 0.15) is 0 Å². The van der Waals surface area contributed by atoms with E-state index in [1.54, 1.807) is 4.68 Å². The van der Waals surface area contributed by atoms with Crippen molar-refractivity contribution in [3.05, 3.63) is 5.82 Å². The Morgan fingerprint density at radius 2 is 2.47 bits per heavy atom. The van der Waals surface area contributed by atoms with Crippen LogP contribution in [-0.2, 0) is 11.3 Å². The molecule has 15 heavy (non-hydrogen) atoms. The smallest absolute Gasteiger partial charge is 0.168 e.